The molecule has 15 heavy (non-hydrogen) atoms. The smallest absolute Gasteiger partial charge is 0.328 e. The number of benzene rings is 1. The third-order valence-corrected chi connectivity index (χ3v) is 2.87. The first-order valence-electron chi connectivity index (χ1n) is 5.06. The fraction of sp³-hybridized carbons (Fsp3) is 0.417. The van der Waals surface area contributed by atoms with E-state index in [0.717, 1.165) is 11.1 Å². The van der Waals surface area contributed by atoms with Crippen LogP contribution >= 0.6 is 0 Å². The fourth-order valence-electron chi connectivity index (χ4n) is 1.74. The molecule has 0 heterocycles. The lowest BCUT2D eigenvalue weighted by Gasteiger charge is -2.28. The summed E-state index contributed by atoms with van der Waals surface area (Å²) in [4.78, 5) is 11.3. The average Bonchev–Trinajstić information content (AvgIpc) is 2.22. The van der Waals surface area contributed by atoms with Crippen molar-refractivity contribution < 1.29 is 9.90 Å². The van der Waals surface area contributed by atoms with Crippen LogP contribution in [0.4, 0.5) is 0 Å². The zero-order valence-corrected chi connectivity index (χ0v) is 9.37. The van der Waals surface area contributed by atoms with Crippen molar-refractivity contribution in [1.82, 2.24) is 5.32 Å². The van der Waals surface area contributed by atoms with Gasteiger partial charge in [0.15, 0.2) is 0 Å². The van der Waals surface area contributed by atoms with Gasteiger partial charge in [-0.3, -0.25) is 0 Å². The Balaban J connectivity index is 3.20. The molecule has 0 saturated carbocycles. The van der Waals surface area contributed by atoms with Crippen molar-refractivity contribution in [2.24, 2.45) is 0 Å². The minimum absolute atomic E-state index is 0.516. The summed E-state index contributed by atoms with van der Waals surface area (Å²) in [7, 11) is 1.68. The Hall–Kier alpha value is -1.35. The summed E-state index contributed by atoms with van der Waals surface area (Å²) in [6.07, 6.45) is 0.516. The molecule has 0 amide bonds. The predicted octanol–water partition coefficient (Wildman–Crippen LogP) is 1.90. The third-order valence-electron chi connectivity index (χ3n) is 2.87. The van der Waals surface area contributed by atoms with Crippen LogP contribution in [0, 0.1) is 6.92 Å². The van der Waals surface area contributed by atoms with E-state index in [1.165, 1.54) is 0 Å². The molecule has 0 aromatic heterocycles. The van der Waals surface area contributed by atoms with Gasteiger partial charge in [-0.25, -0.2) is 4.79 Å². The molecule has 82 valence electrons. The number of hydrogen-bond donors (Lipinski definition) is 2. The quantitative estimate of drug-likeness (QED) is 0.792. The van der Waals surface area contributed by atoms with E-state index >= 15 is 0 Å². The molecule has 3 nitrogen and oxygen atoms in total. The van der Waals surface area contributed by atoms with Crippen molar-refractivity contribution in [3.8, 4) is 0 Å². The molecule has 0 aliphatic rings. The lowest BCUT2D eigenvalue weighted by molar-refractivity contribution is -0.145. The molecule has 0 spiro atoms. The lowest BCUT2D eigenvalue weighted by Crippen LogP contribution is -2.46. The largest absolute Gasteiger partial charge is 0.480 e. The molecule has 0 aliphatic carbocycles. The Morgan fingerprint density at radius 1 is 1.40 bits per heavy atom. The normalized spacial score (nSPS) is 14.6. The second-order valence-corrected chi connectivity index (χ2v) is 3.68. The highest BCUT2D eigenvalue weighted by atomic mass is 16.4. The van der Waals surface area contributed by atoms with E-state index in [0.29, 0.717) is 6.42 Å². The standard InChI is InChI=1S/C12H17NO2/c1-4-12(13-3,11(14)15)10-7-5-9(2)6-8-10/h5-8,13H,4H2,1-3H3,(H,14,15). The van der Waals surface area contributed by atoms with Crippen molar-refractivity contribution >= 4 is 5.97 Å². The molecule has 0 fully saturated rings. The molecule has 0 bridgehead atoms. The van der Waals surface area contributed by atoms with Gasteiger partial charge in [-0.1, -0.05) is 36.8 Å². The Morgan fingerprint density at radius 2 is 1.93 bits per heavy atom. The highest BCUT2D eigenvalue weighted by molar-refractivity contribution is 5.80. The van der Waals surface area contributed by atoms with Crippen LogP contribution in [0.15, 0.2) is 24.3 Å². The van der Waals surface area contributed by atoms with Crippen molar-refractivity contribution in [2.75, 3.05) is 7.05 Å². The minimum Gasteiger partial charge on any atom is -0.480 e. The Kier molecular flexibility index (Phi) is 3.48. The predicted molar refractivity (Wildman–Crippen MR) is 59.8 cm³/mol. The first kappa shape index (κ1) is 11.7. The zero-order chi connectivity index (χ0) is 11.5. The maximum atomic E-state index is 11.3. The average molecular weight is 207 g/mol. The van der Waals surface area contributed by atoms with Gasteiger partial charge in [-0.2, -0.15) is 0 Å². The maximum Gasteiger partial charge on any atom is 0.328 e. The second-order valence-electron chi connectivity index (χ2n) is 3.68. The highest BCUT2D eigenvalue weighted by Crippen LogP contribution is 2.25. The molecular weight excluding hydrogens is 190 g/mol. The van der Waals surface area contributed by atoms with E-state index in [1.54, 1.807) is 7.05 Å². The van der Waals surface area contributed by atoms with Gasteiger partial charge < -0.3 is 10.4 Å². The molecule has 1 rings (SSSR count). The van der Waals surface area contributed by atoms with Crippen molar-refractivity contribution in [1.29, 1.82) is 0 Å². The van der Waals surface area contributed by atoms with E-state index in [1.807, 2.05) is 38.1 Å². The zero-order valence-electron chi connectivity index (χ0n) is 9.37. The summed E-state index contributed by atoms with van der Waals surface area (Å²) >= 11 is 0. The Morgan fingerprint density at radius 3 is 2.27 bits per heavy atom. The molecule has 1 aromatic carbocycles. The molecule has 1 aromatic rings. The number of hydrogen-bond acceptors (Lipinski definition) is 2. The van der Waals surface area contributed by atoms with Gasteiger partial charge in [-0.05, 0) is 26.0 Å². The molecule has 0 saturated heterocycles. The Labute approximate surface area is 90.1 Å². The van der Waals surface area contributed by atoms with Gasteiger partial charge in [0, 0.05) is 0 Å². The molecule has 0 radical (unpaired) electrons. The van der Waals surface area contributed by atoms with Gasteiger partial charge in [0.2, 0.25) is 0 Å². The number of carboxylic acids is 1. The SMILES string of the molecule is CCC(NC)(C(=O)O)c1ccc(C)cc1. The number of nitrogens with one attached hydrogen (secondary N) is 1. The van der Waals surface area contributed by atoms with E-state index in [-0.39, 0.29) is 0 Å². The number of likely N-dealkylation sites (N-methyl/N-ethyl adjacent to an activating group) is 1. The van der Waals surface area contributed by atoms with E-state index in [4.69, 9.17) is 0 Å². The molecule has 0 aliphatic heterocycles. The first-order valence-corrected chi connectivity index (χ1v) is 5.06. The van der Waals surface area contributed by atoms with Crippen LogP contribution in [-0.2, 0) is 10.3 Å². The summed E-state index contributed by atoms with van der Waals surface area (Å²) < 4.78 is 0. The number of rotatable bonds is 4. The summed E-state index contributed by atoms with van der Waals surface area (Å²) in [5, 5.41) is 12.2. The van der Waals surface area contributed by atoms with Crippen LogP contribution in [0.25, 0.3) is 0 Å². The maximum absolute atomic E-state index is 11.3. The van der Waals surface area contributed by atoms with Crippen LogP contribution in [-0.4, -0.2) is 18.1 Å². The molecule has 3 heteroatoms. The van der Waals surface area contributed by atoms with E-state index in [9.17, 15) is 9.90 Å². The molecule has 2 N–H and O–H groups in total. The highest BCUT2D eigenvalue weighted by Gasteiger charge is 2.36. The molecule has 1 atom stereocenters. The third kappa shape index (κ3) is 2.02. The van der Waals surface area contributed by atoms with Gasteiger partial charge >= 0.3 is 5.97 Å². The first-order chi connectivity index (χ1) is 7.06. The fourth-order valence-corrected chi connectivity index (χ4v) is 1.74. The van der Waals surface area contributed by atoms with Crippen molar-refractivity contribution in [2.45, 2.75) is 25.8 Å². The van der Waals surface area contributed by atoms with Crippen LogP contribution in [0.5, 0.6) is 0 Å². The van der Waals surface area contributed by atoms with Gasteiger partial charge in [-0.15, -0.1) is 0 Å². The summed E-state index contributed by atoms with van der Waals surface area (Å²) in [6, 6.07) is 7.59. The number of carbonyl (C=O) groups is 1. The van der Waals surface area contributed by atoms with Crippen LogP contribution < -0.4 is 5.32 Å². The van der Waals surface area contributed by atoms with E-state index in [2.05, 4.69) is 5.32 Å². The van der Waals surface area contributed by atoms with Crippen molar-refractivity contribution in [3.05, 3.63) is 35.4 Å². The van der Waals surface area contributed by atoms with Gasteiger partial charge in [0.05, 0.1) is 0 Å². The van der Waals surface area contributed by atoms with Crippen LogP contribution in [0.1, 0.15) is 24.5 Å². The molecule has 1 unspecified atom stereocenters. The summed E-state index contributed by atoms with van der Waals surface area (Å²) in [6.45, 7) is 3.85. The minimum atomic E-state index is -0.965. The molecular formula is C12H17NO2. The van der Waals surface area contributed by atoms with Crippen LogP contribution in [0.2, 0.25) is 0 Å². The Bertz CT molecular complexity index is 339. The number of carboxylic acid groups (broad SMARTS) is 1. The summed E-state index contributed by atoms with van der Waals surface area (Å²) in [5.41, 5.74) is 0.962. The number of aryl methyl sites for hydroxylation is 1. The van der Waals surface area contributed by atoms with Gasteiger partial charge in [0.25, 0.3) is 0 Å². The topological polar surface area (TPSA) is 49.3 Å². The monoisotopic (exact) mass is 207 g/mol. The second kappa shape index (κ2) is 4.45. The van der Waals surface area contributed by atoms with E-state index < -0.39 is 11.5 Å². The van der Waals surface area contributed by atoms with Gasteiger partial charge in [0.1, 0.15) is 5.54 Å². The van der Waals surface area contributed by atoms with Crippen LogP contribution in [0.3, 0.4) is 0 Å². The number of aliphatic carboxylic acids is 1. The lowest BCUT2D eigenvalue weighted by atomic mass is 9.87. The summed E-state index contributed by atoms with van der Waals surface area (Å²) in [5.74, 6) is -0.837. The van der Waals surface area contributed by atoms with Crippen molar-refractivity contribution in [3.63, 3.8) is 0 Å².